The van der Waals surface area contributed by atoms with Gasteiger partial charge in [0.1, 0.15) is 11.6 Å². The molecule has 2 heterocycles. The minimum absolute atomic E-state index is 0.420. The lowest BCUT2D eigenvalue weighted by molar-refractivity contribution is 0.642. The lowest BCUT2D eigenvalue weighted by Crippen LogP contribution is -2.08. The maximum atomic E-state index is 5.61. The number of hydrogen-bond acceptors (Lipinski definition) is 5. The average molecular weight is 252 g/mol. The zero-order valence-corrected chi connectivity index (χ0v) is 10.8. The highest BCUT2D eigenvalue weighted by molar-refractivity contribution is 7.98. The molecule has 6 nitrogen and oxygen atoms in total. The molecule has 92 valence electrons. The van der Waals surface area contributed by atoms with Crippen LogP contribution in [0.25, 0.3) is 0 Å². The minimum atomic E-state index is 0.420. The highest BCUT2D eigenvalue weighted by atomic mass is 32.2. The first kappa shape index (κ1) is 12.1. The Hall–Kier alpha value is -1.34. The van der Waals surface area contributed by atoms with E-state index in [0.29, 0.717) is 6.54 Å². The van der Waals surface area contributed by atoms with E-state index in [2.05, 4.69) is 22.1 Å². The summed E-state index contributed by atoms with van der Waals surface area (Å²) in [6.45, 7) is 3.32. The van der Waals surface area contributed by atoms with E-state index in [0.717, 1.165) is 29.1 Å². The fourth-order valence-corrected chi connectivity index (χ4v) is 2.58. The van der Waals surface area contributed by atoms with Crippen molar-refractivity contribution in [2.24, 2.45) is 12.8 Å². The third-order valence-electron chi connectivity index (χ3n) is 2.54. The molecule has 2 rings (SSSR count). The van der Waals surface area contributed by atoms with Crippen LogP contribution in [-0.4, -0.2) is 24.3 Å². The van der Waals surface area contributed by atoms with Crippen LogP contribution in [0.2, 0.25) is 0 Å². The molecule has 0 saturated heterocycles. The number of nitrogens with two attached hydrogens (primary N) is 1. The van der Waals surface area contributed by atoms with E-state index in [-0.39, 0.29) is 0 Å². The Kier molecular flexibility index (Phi) is 3.80. The van der Waals surface area contributed by atoms with Crippen LogP contribution < -0.4 is 5.73 Å². The molecule has 0 amide bonds. The van der Waals surface area contributed by atoms with Crippen LogP contribution in [0.3, 0.4) is 0 Å². The molecule has 0 aliphatic carbocycles. The summed E-state index contributed by atoms with van der Waals surface area (Å²) in [5.41, 5.74) is 5.61. The molecule has 0 atom stereocenters. The van der Waals surface area contributed by atoms with Gasteiger partial charge in [-0.1, -0.05) is 11.8 Å². The number of rotatable bonds is 5. The highest BCUT2D eigenvalue weighted by Gasteiger charge is 2.10. The predicted molar refractivity (Wildman–Crippen MR) is 66.4 cm³/mol. The number of thioether (sulfide) groups is 1. The molecule has 0 aliphatic rings. The third-order valence-corrected chi connectivity index (χ3v) is 3.51. The summed E-state index contributed by atoms with van der Waals surface area (Å²) in [5.74, 6) is 2.64. The van der Waals surface area contributed by atoms with Gasteiger partial charge in [0.05, 0.1) is 12.3 Å². The van der Waals surface area contributed by atoms with Crippen LogP contribution in [0.1, 0.15) is 18.6 Å². The molecule has 0 aliphatic heterocycles. The van der Waals surface area contributed by atoms with Crippen molar-refractivity contribution in [3.63, 3.8) is 0 Å². The first-order valence-electron chi connectivity index (χ1n) is 5.47. The summed E-state index contributed by atoms with van der Waals surface area (Å²) in [6, 6.07) is 0. The van der Waals surface area contributed by atoms with Crippen molar-refractivity contribution in [3.8, 4) is 0 Å². The molecule has 0 aromatic carbocycles. The summed E-state index contributed by atoms with van der Waals surface area (Å²) in [6.07, 6.45) is 3.73. The van der Waals surface area contributed by atoms with Crippen molar-refractivity contribution in [3.05, 3.63) is 24.0 Å². The summed E-state index contributed by atoms with van der Waals surface area (Å²) in [7, 11) is 1.98. The van der Waals surface area contributed by atoms with Gasteiger partial charge < -0.3 is 14.9 Å². The predicted octanol–water partition coefficient (Wildman–Crippen LogP) is 0.782. The van der Waals surface area contributed by atoms with Crippen molar-refractivity contribution in [1.29, 1.82) is 0 Å². The second kappa shape index (κ2) is 5.33. The number of hydrogen-bond donors (Lipinski definition) is 1. The largest absolute Gasteiger partial charge is 0.337 e. The van der Waals surface area contributed by atoms with Gasteiger partial charge in [0.2, 0.25) is 0 Å². The molecule has 2 N–H and O–H groups in total. The van der Waals surface area contributed by atoms with Gasteiger partial charge >= 0.3 is 0 Å². The normalized spacial score (nSPS) is 11.0. The quantitative estimate of drug-likeness (QED) is 0.796. The lowest BCUT2D eigenvalue weighted by Gasteiger charge is -2.05. The Morgan fingerprint density at radius 3 is 2.76 bits per heavy atom. The van der Waals surface area contributed by atoms with Gasteiger partial charge in [-0.15, -0.1) is 10.2 Å². The smallest absolute Gasteiger partial charge is 0.191 e. The molecule has 0 spiro atoms. The van der Waals surface area contributed by atoms with Gasteiger partial charge in [0.25, 0.3) is 0 Å². The van der Waals surface area contributed by atoms with Gasteiger partial charge in [0.15, 0.2) is 5.16 Å². The number of imidazole rings is 1. The maximum Gasteiger partial charge on any atom is 0.191 e. The third kappa shape index (κ3) is 2.50. The van der Waals surface area contributed by atoms with Crippen LogP contribution in [-0.2, 0) is 25.9 Å². The summed E-state index contributed by atoms with van der Waals surface area (Å²) in [5, 5.41) is 9.11. The summed E-state index contributed by atoms with van der Waals surface area (Å²) < 4.78 is 4.04. The Morgan fingerprint density at radius 1 is 1.35 bits per heavy atom. The first-order chi connectivity index (χ1) is 8.26. The average Bonchev–Trinajstić information content (AvgIpc) is 2.92. The summed E-state index contributed by atoms with van der Waals surface area (Å²) >= 11 is 1.63. The molecule has 0 bridgehead atoms. The zero-order valence-electron chi connectivity index (χ0n) is 10.00. The standard InChI is InChI=1S/C10H16N6S/c1-3-16-8(6-11)13-14-10(16)17-7-9-12-4-5-15(9)2/h4-5H,3,6-7,11H2,1-2H3. The van der Waals surface area contributed by atoms with Crippen molar-refractivity contribution in [2.75, 3.05) is 0 Å². The minimum Gasteiger partial charge on any atom is -0.337 e. The molecule has 0 saturated carbocycles. The lowest BCUT2D eigenvalue weighted by atomic mass is 10.6. The fraction of sp³-hybridized carbons (Fsp3) is 0.500. The van der Waals surface area contributed by atoms with E-state index in [1.165, 1.54) is 0 Å². The number of aromatic nitrogens is 5. The van der Waals surface area contributed by atoms with Gasteiger partial charge in [-0.2, -0.15) is 0 Å². The van der Waals surface area contributed by atoms with Crippen LogP contribution in [0.4, 0.5) is 0 Å². The van der Waals surface area contributed by atoms with Gasteiger partial charge in [-0.3, -0.25) is 0 Å². The van der Waals surface area contributed by atoms with E-state index in [9.17, 15) is 0 Å². The summed E-state index contributed by atoms with van der Waals surface area (Å²) in [4.78, 5) is 4.27. The molecule has 2 aromatic rings. The zero-order chi connectivity index (χ0) is 12.3. The van der Waals surface area contributed by atoms with E-state index in [1.54, 1.807) is 18.0 Å². The maximum absolute atomic E-state index is 5.61. The molecule has 7 heteroatoms. The Bertz CT molecular complexity index is 489. The molecular weight excluding hydrogens is 236 g/mol. The highest BCUT2D eigenvalue weighted by Crippen LogP contribution is 2.20. The number of aryl methyl sites for hydroxylation is 1. The topological polar surface area (TPSA) is 74.6 Å². The molecular formula is C10H16N6S. The second-order valence-corrected chi connectivity index (χ2v) is 4.53. The van der Waals surface area contributed by atoms with Gasteiger partial charge in [0, 0.05) is 26.0 Å². The Labute approximate surface area is 104 Å². The Balaban J connectivity index is 2.09. The second-order valence-electron chi connectivity index (χ2n) is 3.59. The van der Waals surface area contributed by atoms with Crippen molar-refractivity contribution in [2.45, 2.75) is 30.9 Å². The van der Waals surface area contributed by atoms with E-state index in [4.69, 9.17) is 5.73 Å². The first-order valence-corrected chi connectivity index (χ1v) is 6.46. The molecule has 0 fully saturated rings. The van der Waals surface area contributed by atoms with Crippen molar-refractivity contribution < 1.29 is 0 Å². The fourth-order valence-electron chi connectivity index (χ4n) is 1.56. The van der Waals surface area contributed by atoms with Crippen molar-refractivity contribution >= 4 is 11.8 Å². The SMILES string of the molecule is CCn1c(CN)nnc1SCc1nccn1C. The number of nitrogens with zero attached hydrogens (tertiary/aromatic N) is 5. The van der Waals surface area contributed by atoms with E-state index in [1.807, 2.05) is 22.4 Å². The van der Waals surface area contributed by atoms with Gasteiger partial charge in [-0.25, -0.2) is 4.98 Å². The molecule has 17 heavy (non-hydrogen) atoms. The monoisotopic (exact) mass is 252 g/mol. The van der Waals surface area contributed by atoms with Crippen LogP contribution in [0.5, 0.6) is 0 Å². The molecule has 0 radical (unpaired) electrons. The Morgan fingerprint density at radius 2 is 2.18 bits per heavy atom. The molecule has 0 unspecified atom stereocenters. The van der Waals surface area contributed by atoms with Crippen LogP contribution in [0, 0.1) is 0 Å². The van der Waals surface area contributed by atoms with Crippen molar-refractivity contribution in [1.82, 2.24) is 24.3 Å². The van der Waals surface area contributed by atoms with Crippen LogP contribution >= 0.6 is 11.8 Å². The van der Waals surface area contributed by atoms with Gasteiger partial charge in [-0.05, 0) is 6.92 Å². The van der Waals surface area contributed by atoms with E-state index < -0.39 is 0 Å². The molecule has 2 aromatic heterocycles. The van der Waals surface area contributed by atoms with E-state index >= 15 is 0 Å². The van der Waals surface area contributed by atoms with Crippen LogP contribution in [0.15, 0.2) is 17.6 Å².